The highest BCUT2D eigenvalue weighted by Crippen LogP contribution is 2.23. The van der Waals surface area contributed by atoms with E-state index in [0.29, 0.717) is 6.42 Å². The minimum Gasteiger partial charge on any atom is -0.394 e. The molecule has 506 valence electrons. The topological polar surface area (TPSA) is 149 Å². The van der Waals surface area contributed by atoms with Gasteiger partial charge in [-0.05, 0) is 116 Å². The third kappa shape index (κ3) is 55.2. The SMILES string of the molecule is CC/C=C\C/C=C\C/C=C\C/C=C\C/C=C\C/C=C\C/C=C\C/C=C\C/C=C\C/C=C\C/C=C\CCCCCCCC(=O)NC(COC1OC(CO)C(O)C(O)C1O)C(O)/C=C/CC/C=C/CCCCCCCCCCCCCCCCCCCCCCC. The molecule has 1 rings (SSSR count). The van der Waals surface area contributed by atoms with Crippen molar-refractivity contribution >= 4 is 5.91 Å². The Balaban J connectivity index is 2.20. The molecule has 1 amide bonds. The molecule has 7 atom stereocenters. The molecule has 0 aromatic heterocycles. The van der Waals surface area contributed by atoms with Crippen molar-refractivity contribution in [1.82, 2.24) is 5.32 Å². The smallest absolute Gasteiger partial charge is 0.220 e. The van der Waals surface area contributed by atoms with Crippen LogP contribution in [-0.2, 0) is 14.3 Å². The molecule has 1 fully saturated rings. The fraction of sp³-hybridized carbons (Fsp3) is 0.662. The minimum absolute atomic E-state index is 0.210. The average Bonchev–Trinajstić information content (AvgIpc) is 2.42. The quantitative estimate of drug-likeness (QED) is 0.0261. The maximum atomic E-state index is 13.1. The molecule has 9 heteroatoms. The third-order valence-electron chi connectivity index (χ3n) is 16.1. The Morgan fingerprint density at radius 2 is 0.708 bits per heavy atom. The van der Waals surface area contributed by atoms with Crippen molar-refractivity contribution in [1.29, 1.82) is 0 Å². The molecule has 0 saturated carbocycles. The van der Waals surface area contributed by atoms with Gasteiger partial charge in [0.15, 0.2) is 6.29 Å². The second-order valence-electron chi connectivity index (χ2n) is 24.3. The number of ether oxygens (including phenoxy) is 2. The summed E-state index contributed by atoms with van der Waals surface area (Å²) < 4.78 is 11.3. The van der Waals surface area contributed by atoms with Crippen LogP contribution >= 0.6 is 0 Å². The molecule has 0 aliphatic carbocycles. The van der Waals surface area contributed by atoms with Crippen LogP contribution in [0.15, 0.2) is 158 Å². The van der Waals surface area contributed by atoms with Gasteiger partial charge in [-0.2, -0.15) is 0 Å². The summed E-state index contributed by atoms with van der Waals surface area (Å²) in [7, 11) is 0. The summed E-state index contributed by atoms with van der Waals surface area (Å²) in [6.45, 7) is 3.65. The zero-order chi connectivity index (χ0) is 64.2. The van der Waals surface area contributed by atoms with E-state index in [1.54, 1.807) is 6.08 Å². The summed E-state index contributed by atoms with van der Waals surface area (Å²) in [6, 6.07) is -0.846. The standard InChI is InChI=1S/C80H133NO8/c1-3-5-7-9-11-13-15-17-19-21-23-25-27-29-31-32-33-34-35-36-37-38-39-40-41-42-44-46-48-50-52-54-56-58-60-62-64-66-68-70-76(84)81-73(72-88-80-79(87)78(86)77(85)75(71-82)89-80)74(83)69-67-65-63-61-59-57-55-53-51-49-47-45-43-30-28-26-24-22-20-18-16-14-12-10-8-6-4-2/h5,7,11,13,17,19,23,25,29,31,33-34,36-37,39-40,42,44,48,50,54,56,59,61,67,69,73-75,77-80,82-83,85-87H,3-4,6,8-10,12,14-16,18,20-22,24,26-28,30,32,35,38,41,43,45-47,49,51-53,55,57-58,60,62-66,68,70-72H2,1-2H3,(H,81,84)/b7-5-,13-11-,19-17-,25-23-,31-29-,34-33-,37-36-,40-39-,44-42-,50-48-,56-54-,61-59+,69-67+. The van der Waals surface area contributed by atoms with E-state index in [-0.39, 0.29) is 12.5 Å². The van der Waals surface area contributed by atoms with Crippen LogP contribution in [0.5, 0.6) is 0 Å². The van der Waals surface area contributed by atoms with Crippen LogP contribution < -0.4 is 5.32 Å². The van der Waals surface area contributed by atoms with Crippen molar-refractivity contribution in [3.05, 3.63) is 158 Å². The zero-order valence-electron chi connectivity index (χ0n) is 56.6. The number of unbranched alkanes of at least 4 members (excludes halogenated alkanes) is 27. The molecule has 89 heavy (non-hydrogen) atoms. The van der Waals surface area contributed by atoms with E-state index in [1.165, 1.54) is 135 Å². The molecule has 1 saturated heterocycles. The number of aliphatic hydroxyl groups is 5. The Morgan fingerprint density at radius 3 is 1.08 bits per heavy atom. The van der Waals surface area contributed by atoms with Crippen molar-refractivity contribution in [2.75, 3.05) is 13.2 Å². The van der Waals surface area contributed by atoms with Crippen molar-refractivity contribution in [2.45, 2.75) is 326 Å². The van der Waals surface area contributed by atoms with Gasteiger partial charge in [-0.25, -0.2) is 0 Å². The number of hydrogen-bond acceptors (Lipinski definition) is 8. The summed E-state index contributed by atoms with van der Waals surface area (Å²) >= 11 is 0. The summed E-state index contributed by atoms with van der Waals surface area (Å²) in [5.74, 6) is -0.210. The number of carbonyl (C=O) groups excluding carboxylic acids is 1. The maximum absolute atomic E-state index is 13.1. The van der Waals surface area contributed by atoms with Gasteiger partial charge in [0.05, 0.1) is 25.4 Å². The number of hydrogen-bond donors (Lipinski definition) is 6. The summed E-state index contributed by atoms with van der Waals surface area (Å²) in [5, 5.41) is 54.7. The first kappa shape index (κ1) is 82.8. The van der Waals surface area contributed by atoms with Crippen LogP contribution in [0, 0.1) is 0 Å². The van der Waals surface area contributed by atoms with Crippen molar-refractivity contribution in [3.8, 4) is 0 Å². The fourth-order valence-electron chi connectivity index (χ4n) is 10.5. The van der Waals surface area contributed by atoms with Gasteiger partial charge in [-0.3, -0.25) is 4.79 Å². The summed E-state index contributed by atoms with van der Waals surface area (Å²) in [5.41, 5.74) is 0. The van der Waals surface area contributed by atoms with Gasteiger partial charge >= 0.3 is 0 Å². The highest BCUT2D eigenvalue weighted by molar-refractivity contribution is 5.76. The van der Waals surface area contributed by atoms with E-state index in [1.807, 2.05) is 6.08 Å². The first-order chi connectivity index (χ1) is 43.8. The van der Waals surface area contributed by atoms with Crippen molar-refractivity contribution in [2.24, 2.45) is 0 Å². The van der Waals surface area contributed by atoms with Gasteiger partial charge < -0.3 is 40.3 Å². The maximum Gasteiger partial charge on any atom is 0.220 e. The van der Waals surface area contributed by atoms with E-state index in [2.05, 4.69) is 165 Å². The predicted molar refractivity (Wildman–Crippen MR) is 382 cm³/mol. The van der Waals surface area contributed by atoms with E-state index in [0.717, 1.165) is 128 Å². The van der Waals surface area contributed by atoms with Gasteiger partial charge in [0.1, 0.15) is 24.4 Å². The van der Waals surface area contributed by atoms with E-state index in [9.17, 15) is 30.3 Å². The molecule has 9 nitrogen and oxygen atoms in total. The van der Waals surface area contributed by atoms with Gasteiger partial charge in [0.2, 0.25) is 5.91 Å². The monoisotopic (exact) mass is 1240 g/mol. The van der Waals surface area contributed by atoms with Crippen LogP contribution in [0.2, 0.25) is 0 Å². The molecule has 0 spiro atoms. The molecule has 1 aliphatic rings. The van der Waals surface area contributed by atoms with Crippen LogP contribution in [0.1, 0.15) is 284 Å². The third-order valence-corrected chi connectivity index (χ3v) is 16.1. The van der Waals surface area contributed by atoms with Crippen LogP contribution in [0.25, 0.3) is 0 Å². The highest BCUT2D eigenvalue weighted by Gasteiger charge is 2.44. The van der Waals surface area contributed by atoms with Crippen molar-refractivity contribution in [3.63, 3.8) is 0 Å². The van der Waals surface area contributed by atoms with E-state index >= 15 is 0 Å². The summed E-state index contributed by atoms with van der Waals surface area (Å²) in [6.07, 6.45) is 97.7. The lowest BCUT2D eigenvalue weighted by Gasteiger charge is -2.40. The average molecular weight is 1240 g/mol. The van der Waals surface area contributed by atoms with E-state index < -0.39 is 49.5 Å². The molecule has 1 aliphatic heterocycles. The van der Waals surface area contributed by atoms with Gasteiger partial charge in [0, 0.05) is 6.42 Å². The first-order valence-corrected chi connectivity index (χ1v) is 36.2. The minimum atomic E-state index is -1.59. The predicted octanol–water partition coefficient (Wildman–Crippen LogP) is 20.3. The second kappa shape index (κ2) is 66.7. The lowest BCUT2D eigenvalue weighted by atomic mass is 9.99. The molecular formula is C80H133NO8. The molecule has 0 aromatic rings. The molecule has 7 unspecified atom stereocenters. The Kier molecular flexibility index (Phi) is 62.1. The number of allylic oxidation sites excluding steroid dienone is 25. The van der Waals surface area contributed by atoms with Crippen LogP contribution in [0.4, 0.5) is 0 Å². The zero-order valence-corrected chi connectivity index (χ0v) is 56.6. The molecule has 0 radical (unpaired) electrons. The number of rotatable bonds is 61. The van der Waals surface area contributed by atoms with Gasteiger partial charge in [0.25, 0.3) is 0 Å². The largest absolute Gasteiger partial charge is 0.394 e. The van der Waals surface area contributed by atoms with Crippen LogP contribution in [-0.4, -0.2) is 87.5 Å². The summed E-state index contributed by atoms with van der Waals surface area (Å²) in [4.78, 5) is 13.1. The van der Waals surface area contributed by atoms with Crippen LogP contribution in [0.3, 0.4) is 0 Å². The number of aliphatic hydroxyl groups excluding tert-OH is 5. The number of amides is 1. The van der Waals surface area contributed by atoms with Gasteiger partial charge in [-0.15, -0.1) is 0 Å². The highest BCUT2D eigenvalue weighted by atomic mass is 16.7. The lowest BCUT2D eigenvalue weighted by Crippen LogP contribution is -2.60. The Bertz CT molecular complexity index is 1970. The molecule has 6 N–H and O–H groups in total. The lowest BCUT2D eigenvalue weighted by molar-refractivity contribution is -0.302. The first-order valence-electron chi connectivity index (χ1n) is 36.2. The fourth-order valence-corrected chi connectivity index (χ4v) is 10.5. The molecule has 0 bridgehead atoms. The Morgan fingerprint density at radius 1 is 0.393 bits per heavy atom. The molecular weight excluding hydrogens is 1100 g/mol. The normalized spacial score (nSPS) is 18.8. The Hall–Kier alpha value is -4.19. The van der Waals surface area contributed by atoms with Gasteiger partial charge in [-0.1, -0.05) is 320 Å². The molecule has 1 heterocycles. The number of carbonyl (C=O) groups is 1. The van der Waals surface area contributed by atoms with Crippen molar-refractivity contribution < 1.29 is 39.8 Å². The number of nitrogens with one attached hydrogen (secondary N) is 1. The van der Waals surface area contributed by atoms with E-state index in [4.69, 9.17) is 9.47 Å². The Labute approximate surface area is 546 Å². The second-order valence-corrected chi connectivity index (χ2v) is 24.3. The molecule has 0 aromatic carbocycles.